The molecule has 0 amide bonds. The molecular formula is C9H8Br2N2. The quantitative estimate of drug-likeness (QED) is 0.790. The molecule has 0 aliphatic rings. The van der Waals surface area contributed by atoms with Crippen molar-refractivity contribution in [1.82, 2.24) is 9.97 Å². The van der Waals surface area contributed by atoms with Gasteiger partial charge in [-0.2, -0.15) is 0 Å². The number of H-pyrrole nitrogens is 1. The molecule has 0 fully saturated rings. The molecule has 1 aromatic heterocycles. The summed E-state index contributed by atoms with van der Waals surface area (Å²) in [5, 5.41) is 0. The molecule has 0 bridgehead atoms. The number of benzene rings is 1. The molecule has 1 aromatic carbocycles. The summed E-state index contributed by atoms with van der Waals surface area (Å²) >= 11 is 7.09. The first-order chi connectivity index (χ1) is 6.13. The van der Waals surface area contributed by atoms with Crippen LogP contribution < -0.4 is 0 Å². The molecule has 0 aliphatic heterocycles. The van der Waals surface area contributed by atoms with Crippen molar-refractivity contribution >= 4 is 42.9 Å². The molecule has 0 aliphatic carbocycles. The number of aromatic amines is 1. The third-order valence-corrected chi connectivity index (χ3v) is 4.25. The van der Waals surface area contributed by atoms with E-state index in [0.717, 1.165) is 20.0 Å². The molecular weight excluding hydrogens is 296 g/mol. The number of hydrogen-bond acceptors (Lipinski definition) is 1. The molecule has 1 N–H and O–H groups in total. The van der Waals surface area contributed by atoms with E-state index in [4.69, 9.17) is 0 Å². The minimum atomic E-state index is 0.981. The van der Waals surface area contributed by atoms with Crippen molar-refractivity contribution < 1.29 is 0 Å². The summed E-state index contributed by atoms with van der Waals surface area (Å²) < 4.78 is 2.17. The zero-order valence-corrected chi connectivity index (χ0v) is 10.5. The Morgan fingerprint density at radius 2 is 1.77 bits per heavy atom. The zero-order chi connectivity index (χ0) is 9.59. The molecule has 0 saturated heterocycles. The first kappa shape index (κ1) is 9.21. The van der Waals surface area contributed by atoms with Crippen LogP contribution in [0.2, 0.25) is 0 Å². The maximum atomic E-state index is 4.25. The summed E-state index contributed by atoms with van der Waals surface area (Å²) in [4.78, 5) is 7.36. The van der Waals surface area contributed by atoms with Gasteiger partial charge in [0.15, 0.2) is 0 Å². The van der Waals surface area contributed by atoms with Gasteiger partial charge in [-0.3, -0.25) is 0 Å². The number of fused-ring (bicyclic) bond motifs is 1. The fraction of sp³-hybridized carbons (Fsp3) is 0.222. The van der Waals surface area contributed by atoms with Crippen LogP contribution in [0.5, 0.6) is 0 Å². The number of rotatable bonds is 0. The standard InChI is InChI=1S/C9H8Br2N2/c1-4-5(2)7(11)9-8(6(4)10)12-3-13-9/h3H,1-2H3,(H,12,13). The van der Waals surface area contributed by atoms with Gasteiger partial charge in [0, 0.05) is 8.95 Å². The maximum absolute atomic E-state index is 4.25. The van der Waals surface area contributed by atoms with Gasteiger partial charge >= 0.3 is 0 Å². The van der Waals surface area contributed by atoms with E-state index in [9.17, 15) is 0 Å². The van der Waals surface area contributed by atoms with E-state index in [2.05, 4.69) is 55.7 Å². The van der Waals surface area contributed by atoms with Gasteiger partial charge < -0.3 is 4.98 Å². The van der Waals surface area contributed by atoms with Crippen molar-refractivity contribution in [2.24, 2.45) is 0 Å². The lowest BCUT2D eigenvalue weighted by atomic mass is 10.1. The summed E-state index contributed by atoms with van der Waals surface area (Å²) in [5.74, 6) is 0. The van der Waals surface area contributed by atoms with Gasteiger partial charge in [0.2, 0.25) is 0 Å². The third kappa shape index (κ3) is 1.23. The molecule has 0 spiro atoms. The van der Waals surface area contributed by atoms with Crippen LogP contribution in [0.25, 0.3) is 11.0 Å². The van der Waals surface area contributed by atoms with Gasteiger partial charge in [0.05, 0.1) is 11.8 Å². The molecule has 1 heterocycles. The number of hydrogen-bond donors (Lipinski definition) is 1. The SMILES string of the molecule is Cc1c(C)c(Br)c2[nH]cnc2c1Br. The second-order valence-corrected chi connectivity index (χ2v) is 4.59. The smallest absolute Gasteiger partial charge is 0.104 e. The molecule has 0 saturated carbocycles. The van der Waals surface area contributed by atoms with Gasteiger partial charge in [-0.05, 0) is 56.8 Å². The van der Waals surface area contributed by atoms with Crippen LogP contribution in [0.15, 0.2) is 15.3 Å². The predicted molar refractivity (Wildman–Crippen MR) is 61.0 cm³/mol. The Balaban J connectivity index is 3.02. The monoisotopic (exact) mass is 302 g/mol. The molecule has 13 heavy (non-hydrogen) atoms. The first-order valence-electron chi connectivity index (χ1n) is 3.90. The summed E-state index contributed by atoms with van der Waals surface area (Å²) in [5.41, 5.74) is 4.50. The predicted octanol–water partition coefficient (Wildman–Crippen LogP) is 3.70. The Morgan fingerprint density at radius 1 is 1.15 bits per heavy atom. The van der Waals surface area contributed by atoms with Crippen LogP contribution in [-0.2, 0) is 0 Å². The Morgan fingerprint density at radius 3 is 2.46 bits per heavy atom. The number of nitrogens with one attached hydrogen (secondary N) is 1. The number of imidazole rings is 1. The lowest BCUT2D eigenvalue weighted by molar-refractivity contribution is 1.31. The Kier molecular flexibility index (Phi) is 2.20. The van der Waals surface area contributed by atoms with Crippen LogP contribution in [-0.4, -0.2) is 9.97 Å². The molecule has 68 valence electrons. The van der Waals surface area contributed by atoms with Crippen molar-refractivity contribution in [1.29, 1.82) is 0 Å². The second-order valence-electron chi connectivity index (χ2n) is 3.00. The van der Waals surface area contributed by atoms with E-state index in [0.29, 0.717) is 0 Å². The molecule has 0 radical (unpaired) electrons. The largest absolute Gasteiger partial charge is 0.344 e. The van der Waals surface area contributed by atoms with Crippen LogP contribution in [0.3, 0.4) is 0 Å². The topological polar surface area (TPSA) is 28.7 Å². The molecule has 0 unspecified atom stereocenters. The van der Waals surface area contributed by atoms with Crippen molar-refractivity contribution in [3.8, 4) is 0 Å². The van der Waals surface area contributed by atoms with E-state index in [1.54, 1.807) is 6.33 Å². The average molecular weight is 304 g/mol. The number of halogens is 2. The van der Waals surface area contributed by atoms with Gasteiger partial charge in [0.1, 0.15) is 5.52 Å². The normalized spacial score (nSPS) is 11.1. The van der Waals surface area contributed by atoms with E-state index in [1.165, 1.54) is 11.1 Å². The second kappa shape index (κ2) is 3.10. The first-order valence-corrected chi connectivity index (χ1v) is 5.48. The van der Waals surface area contributed by atoms with Crippen molar-refractivity contribution in [2.75, 3.05) is 0 Å². The summed E-state index contributed by atoms with van der Waals surface area (Å²) in [6, 6.07) is 0. The summed E-state index contributed by atoms with van der Waals surface area (Å²) in [7, 11) is 0. The van der Waals surface area contributed by atoms with Crippen LogP contribution >= 0.6 is 31.9 Å². The fourth-order valence-corrected chi connectivity index (χ4v) is 2.52. The van der Waals surface area contributed by atoms with Gasteiger partial charge in [-0.25, -0.2) is 4.98 Å². The Hall–Kier alpha value is -0.350. The van der Waals surface area contributed by atoms with Gasteiger partial charge in [-0.1, -0.05) is 0 Å². The molecule has 2 rings (SSSR count). The maximum Gasteiger partial charge on any atom is 0.104 e. The zero-order valence-electron chi connectivity index (χ0n) is 7.28. The lowest BCUT2D eigenvalue weighted by Crippen LogP contribution is -1.87. The van der Waals surface area contributed by atoms with E-state index >= 15 is 0 Å². The minimum absolute atomic E-state index is 0.981. The molecule has 2 aromatic rings. The van der Waals surface area contributed by atoms with Gasteiger partial charge in [0.25, 0.3) is 0 Å². The van der Waals surface area contributed by atoms with Crippen molar-refractivity contribution in [3.05, 3.63) is 26.4 Å². The third-order valence-electron chi connectivity index (χ3n) is 2.29. The average Bonchev–Trinajstić information content (AvgIpc) is 2.59. The Bertz CT molecular complexity index is 432. The van der Waals surface area contributed by atoms with Crippen LogP contribution in [0.4, 0.5) is 0 Å². The number of aromatic nitrogens is 2. The fourth-order valence-electron chi connectivity index (χ4n) is 1.32. The van der Waals surface area contributed by atoms with Crippen LogP contribution in [0.1, 0.15) is 11.1 Å². The summed E-state index contributed by atoms with van der Waals surface area (Å²) in [6.45, 7) is 4.17. The Labute approximate surface area is 93.0 Å². The van der Waals surface area contributed by atoms with E-state index in [-0.39, 0.29) is 0 Å². The molecule has 0 atom stereocenters. The minimum Gasteiger partial charge on any atom is -0.344 e. The van der Waals surface area contributed by atoms with E-state index < -0.39 is 0 Å². The summed E-state index contributed by atoms with van der Waals surface area (Å²) in [6.07, 6.45) is 1.71. The lowest BCUT2D eigenvalue weighted by Gasteiger charge is -2.06. The van der Waals surface area contributed by atoms with Crippen molar-refractivity contribution in [2.45, 2.75) is 13.8 Å². The highest BCUT2D eigenvalue weighted by Crippen LogP contribution is 2.34. The highest BCUT2D eigenvalue weighted by molar-refractivity contribution is 9.11. The molecule has 4 heteroatoms. The number of nitrogens with zero attached hydrogens (tertiary/aromatic N) is 1. The van der Waals surface area contributed by atoms with E-state index in [1.807, 2.05) is 0 Å². The van der Waals surface area contributed by atoms with Crippen molar-refractivity contribution in [3.63, 3.8) is 0 Å². The van der Waals surface area contributed by atoms with Crippen LogP contribution in [0, 0.1) is 13.8 Å². The highest BCUT2D eigenvalue weighted by atomic mass is 79.9. The highest BCUT2D eigenvalue weighted by Gasteiger charge is 2.12. The molecule has 2 nitrogen and oxygen atoms in total. The van der Waals surface area contributed by atoms with Gasteiger partial charge in [-0.15, -0.1) is 0 Å².